The number of hydrogen-bond donors (Lipinski definition) is 1. The van der Waals surface area contributed by atoms with Crippen LogP contribution in [0.1, 0.15) is 32.1 Å². The Morgan fingerprint density at radius 2 is 1.67 bits per heavy atom. The Labute approximate surface area is 143 Å². The maximum Gasteiger partial charge on any atom is 0.244 e. The molecule has 1 aliphatic carbocycles. The highest BCUT2D eigenvalue weighted by Gasteiger charge is 2.45. The van der Waals surface area contributed by atoms with Crippen LogP contribution in [-0.2, 0) is 19.6 Å². The molecule has 132 valence electrons. The lowest BCUT2D eigenvalue weighted by atomic mass is 9.81. The molecule has 1 amide bonds. The van der Waals surface area contributed by atoms with Crippen LogP contribution in [0, 0.1) is 0 Å². The van der Waals surface area contributed by atoms with E-state index in [1.165, 1.54) is 0 Å². The van der Waals surface area contributed by atoms with Crippen LogP contribution in [0.25, 0.3) is 0 Å². The fourth-order valence-electron chi connectivity index (χ4n) is 3.50. The number of nitrogens with one attached hydrogen (secondary N) is 1. The fraction of sp³-hybridized carbons (Fsp3) is 0.588. The molecule has 1 aromatic carbocycles. The molecule has 1 saturated heterocycles. The Balaban J connectivity index is 1.87. The van der Waals surface area contributed by atoms with Gasteiger partial charge in [0.25, 0.3) is 0 Å². The molecule has 1 aromatic rings. The summed E-state index contributed by atoms with van der Waals surface area (Å²) < 4.78 is 33.6. The van der Waals surface area contributed by atoms with Crippen molar-refractivity contribution in [3.05, 3.63) is 30.3 Å². The lowest BCUT2D eigenvalue weighted by Crippen LogP contribution is -2.61. The molecule has 7 heteroatoms. The zero-order valence-electron chi connectivity index (χ0n) is 13.7. The van der Waals surface area contributed by atoms with Crippen LogP contribution in [0.4, 0.5) is 0 Å². The molecule has 0 bridgehead atoms. The van der Waals surface area contributed by atoms with Crippen LogP contribution in [-0.4, -0.2) is 51.1 Å². The number of hydrogen-bond acceptors (Lipinski definition) is 4. The van der Waals surface area contributed by atoms with Crippen LogP contribution in [0.15, 0.2) is 35.2 Å². The lowest BCUT2D eigenvalue weighted by Gasteiger charge is -2.41. The van der Waals surface area contributed by atoms with Crippen molar-refractivity contribution >= 4 is 15.9 Å². The number of ether oxygens (including phenoxy) is 1. The fourth-order valence-corrected chi connectivity index (χ4v) is 4.94. The molecule has 6 nitrogen and oxygen atoms in total. The number of nitrogens with zero attached hydrogens (tertiary/aromatic N) is 1. The lowest BCUT2D eigenvalue weighted by molar-refractivity contribution is -0.143. The van der Waals surface area contributed by atoms with Crippen molar-refractivity contribution in [3.63, 3.8) is 0 Å². The topological polar surface area (TPSA) is 75.7 Å². The van der Waals surface area contributed by atoms with Crippen LogP contribution < -0.4 is 4.72 Å². The van der Waals surface area contributed by atoms with Gasteiger partial charge in [0.2, 0.25) is 15.9 Å². The van der Waals surface area contributed by atoms with Gasteiger partial charge in [-0.2, -0.15) is 4.72 Å². The van der Waals surface area contributed by atoms with Crippen molar-refractivity contribution < 1.29 is 17.9 Å². The van der Waals surface area contributed by atoms with E-state index in [0.29, 0.717) is 39.1 Å². The zero-order chi connectivity index (χ0) is 17.0. The van der Waals surface area contributed by atoms with Gasteiger partial charge in [-0.15, -0.1) is 0 Å². The molecule has 2 aliphatic rings. The number of morpholine rings is 1. The molecule has 24 heavy (non-hydrogen) atoms. The number of rotatable bonds is 4. The number of carbonyl (C=O) groups excluding carboxylic acids is 1. The van der Waals surface area contributed by atoms with Crippen molar-refractivity contribution in [1.82, 2.24) is 9.62 Å². The Hall–Kier alpha value is -1.44. The third-order valence-corrected chi connectivity index (χ3v) is 6.35. The quantitative estimate of drug-likeness (QED) is 0.892. The number of amides is 1. The van der Waals surface area contributed by atoms with Crippen molar-refractivity contribution in [2.45, 2.75) is 42.5 Å². The van der Waals surface area contributed by atoms with Crippen LogP contribution in [0.5, 0.6) is 0 Å². The van der Waals surface area contributed by atoms with Gasteiger partial charge < -0.3 is 9.64 Å². The first-order valence-electron chi connectivity index (χ1n) is 8.50. The normalized spacial score (nSPS) is 21.4. The summed E-state index contributed by atoms with van der Waals surface area (Å²) in [5.41, 5.74) is -1.02. The van der Waals surface area contributed by atoms with E-state index < -0.39 is 15.6 Å². The van der Waals surface area contributed by atoms with Gasteiger partial charge in [-0.3, -0.25) is 4.79 Å². The predicted octanol–water partition coefficient (Wildman–Crippen LogP) is 1.53. The number of carbonyl (C=O) groups is 1. The van der Waals surface area contributed by atoms with Gasteiger partial charge in [-0.25, -0.2) is 8.42 Å². The Morgan fingerprint density at radius 3 is 2.29 bits per heavy atom. The first-order chi connectivity index (χ1) is 11.5. The minimum atomic E-state index is -3.73. The van der Waals surface area contributed by atoms with Gasteiger partial charge in [0.1, 0.15) is 5.54 Å². The van der Waals surface area contributed by atoms with E-state index in [4.69, 9.17) is 4.74 Å². The molecule has 1 heterocycles. The number of benzene rings is 1. The maximum atomic E-state index is 13.1. The summed E-state index contributed by atoms with van der Waals surface area (Å²) >= 11 is 0. The van der Waals surface area contributed by atoms with Gasteiger partial charge in [-0.1, -0.05) is 37.5 Å². The van der Waals surface area contributed by atoms with E-state index in [1.54, 1.807) is 35.2 Å². The SMILES string of the molecule is O=C(N1CCOCC1)C1(NS(=O)(=O)c2ccccc2)CCCCC1. The first-order valence-corrected chi connectivity index (χ1v) is 9.98. The Morgan fingerprint density at radius 1 is 1.04 bits per heavy atom. The average molecular weight is 352 g/mol. The smallest absolute Gasteiger partial charge is 0.244 e. The monoisotopic (exact) mass is 352 g/mol. The molecule has 1 N–H and O–H groups in total. The summed E-state index contributed by atoms with van der Waals surface area (Å²) in [4.78, 5) is 15.1. The zero-order valence-corrected chi connectivity index (χ0v) is 14.6. The molecule has 0 aromatic heterocycles. The van der Waals surface area contributed by atoms with Gasteiger partial charge in [-0.05, 0) is 25.0 Å². The van der Waals surface area contributed by atoms with Gasteiger partial charge in [0, 0.05) is 13.1 Å². The summed E-state index contributed by atoms with van der Waals surface area (Å²) in [6.45, 7) is 2.06. The van der Waals surface area contributed by atoms with Crippen LogP contribution >= 0.6 is 0 Å². The van der Waals surface area contributed by atoms with Crippen molar-refractivity contribution in [2.75, 3.05) is 26.3 Å². The molecule has 1 aliphatic heterocycles. The molecule has 0 radical (unpaired) electrons. The van der Waals surface area contributed by atoms with Gasteiger partial charge >= 0.3 is 0 Å². The standard InChI is InChI=1S/C17H24N2O4S/c20-16(19-11-13-23-14-12-19)17(9-5-2-6-10-17)18-24(21,22)15-7-3-1-4-8-15/h1,3-4,7-8,18H,2,5-6,9-14H2. The van der Waals surface area contributed by atoms with E-state index in [2.05, 4.69) is 4.72 Å². The summed E-state index contributed by atoms with van der Waals surface area (Å²) in [5, 5.41) is 0. The highest BCUT2D eigenvalue weighted by atomic mass is 32.2. The summed E-state index contributed by atoms with van der Waals surface area (Å²) in [5.74, 6) is -0.106. The second-order valence-electron chi connectivity index (χ2n) is 6.47. The van der Waals surface area contributed by atoms with E-state index in [0.717, 1.165) is 19.3 Å². The average Bonchev–Trinajstić information content (AvgIpc) is 2.63. The summed E-state index contributed by atoms with van der Waals surface area (Å²) in [7, 11) is -3.73. The summed E-state index contributed by atoms with van der Waals surface area (Å²) in [6.07, 6.45) is 3.84. The maximum absolute atomic E-state index is 13.1. The largest absolute Gasteiger partial charge is 0.378 e. The highest BCUT2D eigenvalue weighted by Crippen LogP contribution is 2.32. The first kappa shape index (κ1) is 17.4. The molecule has 3 rings (SSSR count). The van der Waals surface area contributed by atoms with Crippen molar-refractivity contribution in [1.29, 1.82) is 0 Å². The predicted molar refractivity (Wildman–Crippen MR) is 90.0 cm³/mol. The Kier molecular flexibility index (Phi) is 5.22. The third-order valence-electron chi connectivity index (χ3n) is 4.80. The van der Waals surface area contributed by atoms with Crippen molar-refractivity contribution in [2.24, 2.45) is 0 Å². The second-order valence-corrected chi connectivity index (χ2v) is 8.15. The van der Waals surface area contributed by atoms with Gasteiger partial charge in [0.15, 0.2) is 0 Å². The van der Waals surface area contributed by atoms with E-state index in [-0.39, 0.29) is 10.8 Å². The van der Waals surface area contributed by atoms with Gasteiger partial charge in [0.05, 0.1) is 18.1 Å². The molecule has 0 unspecified atom stereocenters. The Bertz CT molecular complexity index is 663. The third kappa shape index (κ3) is 3.63. The van der Waals surface area contributed by atoms with Crippen molar-refractivity contribution in [3.8, 4) is 0 Å². The molecular formula is C17H24N2O4S. The minimum absolute atomic E-state index is 0.106. The van der Waals surface area contributed by atoms with E-state index in [9.17, 15) is 13.2 Å². The highest BCUT2D eigenvalue weighted by molar-refractivity contribution is 7.89. The van der Waals surface area contributed by atoms with Crippen LogP contribution in [0.2, 0.25) is 0 Å². The molecule has 1 saturated carbocycles. The van der Waals surface area contributed by atoms with E-state index >= 15 is 0 Å². The molecule has 2 fully saturated rings. The molecule has 0 spiro atoms. The molecular weight excluding hydrogens is 328 g/mol. The second kappa shape index (κ2) is 7.21. The van der Waals surface area contributed by atoms with E-state index in [1.807, 2.05) is 0 Å². The van der Waals surface area contributed by atoms with Crippen LogP contribution in [0.3, 0.4) is 0 Å². The molecule has 0 atom stereocenters. The minimum Gasteiger partial charge on any atom is -0.378 e. The number of sulfonamides is 1. The summed E-state index contributed by atoms with van der Waals surface area (Å²) in [6, 6.07) is 8.25.